The summed E-state index contributed by atoms with van der Waals surface area (Å²) in [4.78, 5) is 62.2. The molecule has 2 N–H and O–H groups in total. The molecule has 170 valence electrons. The van der Waals surface area contributed by atoms with Crippen LogP contribution in [0, 0.1) is 23.7 Å². The summed E-state index contributed by atoms with van der Waals surface area (Å²) in [5, 5.41) is -0.586. The molecule has 3 aliphatic rings. The number of alkyl halides is 2. The molecule has 9 nitrogen and oxygen atoms in total. The molecule has 4 rings (SSSR count). The predicted octanol–water partition coefficient (Wildman–Crippen LogP) is 1.11. The lowest BCUT2D eigenvalue weighted by atomic mass is 9.80. The van der Waals surface area contributed by atoms with E-state index in [1.165, 1.54) is 12.1 Å². The van der Waals surface area contributed by atoms with E-state index in [2.05, 4.69) is 10.9 Å². The van der Waals surface area contributed by atoms with Crippen molar-refractivity contribution < 1.29 is 28.7 Å². The number of likely N-dealkylation sites (tertiary alicyclic amines) is 1. The summed E-state index contributed by atoms with van der Waals surface area (Å²) in [5.74, 6) is -4.86. The summed E-state index contributed by atoms with van der Waals surface area (Å²) < 4.78 is 4.83. The number of fused-ring (bicyclic) bond motifs is 5. The van der Waals surface area contributed by atoms with Crippen LogP contribution in [0.1, 0.15) is 16.8 Å². The van der Waals surface area contributed by atoms with E-state index < -0.39 is 65.3 Å². The molecule has 0 radical (unpaired) electrons. The molecule has 6 atom stereocenters. The maximum absolute atomic E-state index is 12.7. The van der Waals surface area contributed by atoms with Gasteiger partial charge in [-0.3, -0.25) is 39.7 Å². The van der Waals surface area contributed by atoms with E-state index in [-0.39, 0.29) is 22.4 Å². The maximum atomic E-state index is 12.7. The quantitative estimate of drug-likeness (QED) is 0.269. The topological polar surface area (TPSA) is 122 Å². The van der Waals surface area contributed by atoms with E-state index in [9.17, 15) is 24.0 Å². The normalized spacial score (nSPS) is 30.3. The van der Waals surface area contributed by atoms with Crippen LogP contribution in [0.3, 0.4) is 0 Å². The highest BCUT2D eigenvalue weighted by Gasteiger charge is 2.66. The van der Waals surface area contributed by atoms with Gasteiger partial charge >= 0.3 is 5.97 Å². The van der Waals surface area contributed by atoms with Crippen molar-refractivity contribution in [3.05, 3.63) is 34.9 Å². The number of imide groups is 1. The Morgan fingerprint density at radius 2 is 1.59 bits per heavy atom. The van der Waals surface area contributed by atoms with Crippen molar-refractivity contribution in [2.45, 2.75) is 17.2 Å². The van der Waals surface area contributed by atoms with Crippen molar-refractivity contribution in [2.24, 2.45) is 23.7 Å². The molecular formula is C20H18Cl3N3O6. The molecule has 0 aromatic heterocycles. The Kier molecular flexibility index (Phi) is 6.33. The van der Waals surface area contributed by atoms with Crippen molar-refractivity contribution >= 4 is 64.4 Å². The van der Waals surface area contributed by atoms with Gasteiger partial charge in [0, 0.05) is 0 Å². The Morgan fingerprint density at radius 3 is 2.19 bits per heavy atom. The zero-order valence-electron chi connectivity index (χ0n) is 16.4. The van der Waals surface area contributed by atoms with Gasteiger partial charge in [-0.25, -0.2) is 0 Å². The first kappa shape index (κ1) is 22.8. The lowest BCUT2D eigenvalue weighted by Crippen LogP contribution is -2.44. The maximum Gasteiger partial charge on any atom is 0.326 e. The van der Waals surface area contributed by atoms with Gasteiger partial charge in [-0.15, -0.1) is 23.2 Å². The average molecular weight is 503 g/mol. The number of esters is 1. The number of hydrazine groups is 1. The number of benzene rings is 1. The fraction of sp³-hybridized carbons (Fsp3) is 0.450. The number of carbonyl (C=O) groups is 5. The summed E-state index contributed by atoms with van der Waals surface area (Å²) in [7, 11) is 0. The summed E-state index contributed by atoms with van der Waals surface area (Å²) in [5.41, 5.74) is 4.38. The van der Waals surface area contributed by atoms with Crippen LogP contribution >= 0.6 is 34.8 Å². The van der Waals surface area contributed by atoms with Crippen LogP contribution in [-0.4, -0.2) is 58.4 Å². The molecule has 12 heteroatoms. The molecule has 4 amide bonds. The molecule has 0 unspecified atom stereocenters. The predicted molar refractivity (Wildman–Crippen MR) is 113 cm³/mol. The number of rotatable bonds is 5. The highest BCUT2D eigenvalue weighted by molar-refractivity contribution is 6.33. The van der Waals surface area contributed by atoms with Gasteiger partial charge in [0.2, 0.25) is 11.8 Å². The third-order valence-electron chi connectivity index (χ3n) is 6.16. The summed E-state index contributed by atoms with van der Waals surface area (Å²) in [6.07, 6.45) is 0.619. The Bertz CT molecular complexity index is 973. The monoisotopic (exact) mass is 501 g/mol. The van der Waals surface area contributed by atoms with Crippen LogP contribution in [0.15, 0.2) is 24.3 Å². The molecule has 1 saturated heterocycles. The van der Waals surface area contributed by atoms with Crippen molar-refractivity contribution in [1.82, 2.24) is 15.8 Å². The minimum atomic E-state index is -0.934. The van der Waals surface area contributed by atoms with Gasteiger partial charge in [0.05, 0.1) is 33.2 Å². The average Bonchev–Trinajstić information content (AvgIpc) is 3.37. The molecule has 2 aliphatic carbocycles. The second-order valence-corrected chi connectivity index (χ2v) is 9.32. The lowest BCUT2D eigenvalue weighted by molar-refractivity contribution is -0.155. The lowest BCUT2D eigenvalue weighted by Gasteiger charge is -2.28. The first-order valence-electron chi connectivity index (χ1n) is 9.83. The van der Waals surface area contributed by atoms with E-state index >= 15 is 0 Å². The fourth-order valence-electron chi connectivity index (χ4n) is 4.76. The number of amides is 4. The second-order valence-electron chi connectivity index (χ2n) is 7.91. The first-order valence-corrected chi connectivity index (χ1v) is 11.1. The second kappa shape index (κ2) is 8.88. The minimum absolute atomic E-state index is 0.149. The summed E-state index contributed by atoms with van der Waals surface area (Å²) in [6.45, 7) is -1.33. The molecule has 1 aromatic carbocycles. The van der Waals surface area contributed by atoms with E-state index in [4.69, 9.17) is 39.5 Å². The number of nitrogens with zero attached hydrogens (tertiary/aromatic N) is 1. The van der Waals surface area contributed by atoms with Gasteiger partial charge in [0.25, 0.3) is 11.8 Å². The van der Waals surface area contributed by atoms with Crippen molar-refractivity contribution in [3.63, 3.8) is 0 Å². The number of nitrogens with one attached hydrogen (secondary N) is 2. The Balaban J connectivity index is 1.25. The van der Waals surface area contributed by atoms with Crippen LogP contribution in [0.25, 0.3) is 0 Å². The molecular weight excluding hydrogens is 485 g/mol. The van der Waals surface area contributed by atoms with Gasteiger partial charge in [-0.05, 0) is 30.4 Å². The summed E-state index contributed by atoms with van der Waals surface area (Å²) in [6, 6.07) is 6.23. The van der Waals surface area contributed by atoms with Gasteiger partial charge in [-0.2, -0.15) is 0 Å². The van der Waals surface area contributed by atoms with E-state index in [1.807, 2.05) is 0 Å². The Hall–Kier alpha value is -2.36. The fourth-order valence-corrected chi connectivity index (χ4v) is 5.88. The van der Waals surface area contributed by atoms with Crippen molar-refractivity contribution in [1.29, 1.82) is 0 Å². The molecule has 3 fully saturated rings. The van der Waals surface area contributed by atoms with Gasteiger partial charge in [0.1, 0.15) is 6.54 Å². The van der Waals surface area contributed by atoms with Crippen LogP contribution in [0.4, 0.5) is 0 Å². The van der Waals surface area contributed by atoms with Crippen LogP contribution < -0.4 is 10.9 Å². The van der Waals surface area contributed by atoms with Crippen LogP contribution in [0.2, 0.25) is 5.02 Å². The standard InChI is InChI=1S/C20H18Cl3N3O6/c21-11-4-2-1-3-8(11)18(29)25-24-12(27)7-32-13(28)6-26-19(30)14-9-5-10(15(14)20(26)31)17(23)16(9)22/h1-4,9-10,14-17H,5-7H2,(H,24,27)(H,25,29)/t9-,10-,14-,15+,16-,17+/m1/s1. The van der Waals surface area contributed by atoms with E-state index in [1.54, 1.807) is 12.1 Å². The number of carbonyl (C=O) groups excluding carboxylic acids is 5. The number of hydrogen-bond acceptors (Lipinski definition) is 6. The molecule has 2 saturated carbocycles. The van der Waals surface area contributed by atoms with Gasteiger partial charge in [0.15, 0.2) is 6.61 Å². The Labute approximate surface area is 197 Å². The van der Waals surface area contributed by atoms with E-state index in [0.717, 1.165) is 4.90 Å². The SMILES string of the molecule is O=C(COC(=O)CN1C(=O)[C@@H]2[C@H]3C[C@@H]([C@H](Cl)[C@@H]3Cl)[C@@H]2C1=O)NNC(=O)c1ccccc1Cl. The minimum Gasteiger partial charge on any atom is -0.454 e. The molecule has 2 bridgehead atoms. The molecule has 1 heterocycles. The first-order chi connectivity index (χ1) is 15.2. The van der Waals surface area contributed by atoms with Crippen molar-refractivity contribution in [2.75, 3.05) is 13.2 Å². The largest absolute Gasteiger partial charge is 0.454 e. The number of hydrogen-bond donors (Lipinski definition) is 2. The smallest absolute Gasteiger partial charge is 0.326 e. The van der Waals surface area contributed by atoms with Crippen LogP contribution in [0.5, 0.6) is 0 Å². The molecule has 0 spiro atoms. The number of ether oxygens (including phenoxy) is 1. The van der Waals surface area contributed by atoms with Gasteiger partial charge in [-0.1, -0.05) is 23.7 Å². The number of halogens is 3. The molecule has 32 heavy (non-hydrogen) atoms. The van der Waals surface area contributed by atoms with Crippen LogP contribution in [-0.2, 0) is 23.9 Å². The third kappa shape index (κ3) is 3.93. The highest BCUT2D eigenvalue weighted by atomic mass is 35.5. The van der Waals surface area contributed by atoms with E-state index in [0.29, 0.717) is 6.42 Å². The molecule has 1 aromatic rings. The Morgan fingerprint density at radius 1 is 1.00 bits per heavy atom. The third-order valence-corrected chi connectivity index (χ3v) is 7.81. The zero-order chi connectivity index (χ0) is 23.2. The molecule has 1 aliphatic heterocycles. The van der Waals surface area contributed by atoms with Crippen molar-refractivity contribution in [3.8, 4) is 0 Å². The highest BCUT2D eigenvalue weighted by Crippen LogP contribution is 2.59. The van der Waals surface area contributed by atoms with Gasteiger partial charge < -0.3 is 4.74 Å². The zero-order valence-corrected chi connectivity index (χ0v) is 18.7. The summed E-state index contributed by atoms with van der Waals surface area (Å²) >= 11 is 18.5.